The largest absolute Gasteiger partial charge is 0.479 e. The van der Waals surface area contributed by atoms with Gasteiger partial charge in [-0.25, -0.2) is 10.3 Å². The van der Waals surface area contributed by atoms with Crippen LogP contribution in [0.1, 0.15) is 31.7 Å². The van der Waals surface area contributed by atoms with Gasteiger partial charge in [-0.2, -0.15) is 5.26 Å². The minimum Gasteiger partial charge on any atom is -0.479 e. The lowest BCUT2D eigenvalue weighted by molar-refractivity contribution is -0.202. The summed E-state index contributed by atoms with van der Waals surface area (Å²) >= 11 is 0. The molecule has 112 valence electrons. The first-order chi connectivity index (χ1) is 10.2. The number of carbonyl (C=O) groups excluding carboxylic acids is 1. The average Bonchev–Trinajstić information content (AvgIpc) is 2.54. The fourth-order valence-corrected chi connectivity index (χ4v) is 1.92. The van der Waals surface area contributed by atoms with Crippen LogP contribution in [-0.2, 0) is 14.4 Å². The van der Waals surface area contributed by atoms with Gasteiger partial charge in [0.15, 0.2) is 12.4 Å². The van der Waals surface area contributed by atoms with Crippen LogP contribution in [0, 0.1) is 11.3 Å². The van der Waals surface area contributed by atoms with E-state index in [1.54, 1.807) is 31.2 Å². The summed E-state index contributed by atoms with van der Waals surface area (Å²) in [5.74, 6) is -0.0477. The van der Waals surface area contributed by atoms with Crippen LogP contribution in [0.4, 0.5) is 0 Å². The molecule has 1 amide bonds. The Labute approximate surface area is 123 Å². The molecule has 0 spiro atoms. The smallest absolute Gasteiger partial charge is 0.284 e. The van der Waals surface area contributed by atoms with E-state index in [1.807, 2.05) is 6.07 Å². The molecule has 1 N–H and O–H groups in total. The lowest BCUT2D eigenvalue weighted by atomic mass is 10.2. The number of hydroxylamine groups is 1. The third kappa shape index (κ3) is 4.45. The van der Waals surface area contributed by atoms with Crippen LogP contribution < -0.4 is 10.2 Å². The number of nitriles is 1. The standard InChI is InChI=1S/C15H18N2O4/c1-11(20-13-7-3-2-6-12(13)10-16)15(18)17-21-14-8-4-5-9-19-14/h2-3,6-7,11,14H,4-5,8-9H2,1H3,(H,17,18)/t11-,14+/m1/s1. The summed E-state index contributed by atoms with van der Waals surface area (Å²) in [5, 5.41) is 8.97. The topological polar surface area (TPSA) is 80.6 Å². The quantitative estimate of drug-likeness (QED) is 0.838. The van der Waals surface area contributed by atoms with Crippen molar-refractivity contribution >= 4 is 5.91 Å². The fourth-order valence-electron chi connectivity index (χ4n) is 1.92. The summed E-state index contributed by atoms with van der Waals surface area (Å²) in [7, 11) is 0. The van der Waals surface area contributed by atoms with Gasteiger partial charge in [-0.05, 0) is 31.9 Å². The molecule has 1 saturated heterocycles. The van der Waals surface area contributed by atoms with Crippen LogP contribution in [0.25, 0.3) is 0 Å². The molecule has 0 bridgehead atoms. The van der Waals surface area contributed by atoms with Gasteiger partial charge in [-0.1, -0.05) is 12.1 Å². The van der Waals surface area contributed by atoms with Gasteiger partial charge < -0.3 is 9.47 Å². The van der Waals surface area contributed by atoms with Crippen molar-refractivity contribution in [1.82, 2.24) is 5.48 Å². The van der Waals surface area contributed by atoms with E-state index in [-0.39, 0.29) is 0 Å². The molecule has 1 aliphatic rings. The Morgan fingerprint density at radius 2 is 2.29 bits per heavy atom. The molecular formula is C15H18N2O4. The van der Waals surface area contributed by atoms with Crippen molar-refractivity contribution in [3.8, 4) is 11.8 Å². The van der Waals surface area contributed by atoms with E-state index in [4.69, 9.17) is 19.6 Å². The Bertz CT molecular complexity index is 521. The Morgan fingerprint density at radius 3 is 3.00 bits per heavy atom. The Kier molecular flexibility index (Phi) is 5.55. The van der Waals surface area contributed by atoms with Crippen molar-refractivity contribution < 1.29 is 19.1 Å². The molecule has 2 atom stereocenters. The molecule has 1 heterocycles. The lowest BCUT2D eigenvalue weighted by Gasteiger charge is -2.23. The second-order valence-electron chi connectivity index (χ2n) is 4.75. The first-order valence-corrected chi connectivity index (χ1v) is 6.93. The number of amides is 1. The van der Waals surface area contributed by atoms with Gasteiger partial charge in [-0.3, -0.25) is 4.79 Å². The molecule has 2 rings (SSSR count). The lowest BCUT2D eigenvalue weighted by Crippen LogP contribution is -2.40. The fraction of sp³-hybridized carbons (Fsp3) is 0.467. The molecule has 0 radical (unpaired) electrons. The third-order valence-electron chi connectivity index (χ3n) is 3.11. The number of carbonyl (C=O) groups is 1. The maximum absolute atomic E-state index is 11.9. The zero-order chi connectivity index (χ0) is 15.1. The maximum atomic E-state index is 11.9. The summed E-state index contributed by atoms with van der Waals surface area (Å²) in [6, 6.07) is 8.77. The second-order valence-corrected chi connectivity index (χ2v) is 4.75. The minimum absolute atomic E-state index is 0.372. The van der Waals surface area contributed by atoms with Crippen LogP contribution in [0.15, 0.2) is 24.3 Å². The van der Waals surface area contributed by atoms with Crippen LogP contribution >= 0.6 is 0 Å². The second kappa shape index (κ2) is 7.62. The molecule has 1 aromatic carbocycles. The van der Waals surface area contributed by atoms with Gasteiger partial charge in [0.05, 0.1) is 5.56 Å². The predicted octanol–water partition coefficient (Wildman–Crippen LogP) is 1.90. The summed E-state index contributed by atoms with van der Waals surface area (Å²) in [5.41, 5.74) is 2.72. The van der Waals surface area contributed by atoms with E-state index in [0.29, 0.717) is 17.9 Å². The molecule has 1 aliphatic heterocycles. The van der Waals surface area contributed by atoms with Crippen LogP contribution in [-0.4, -0.2) is 24.9 Å². The first-order valence-electron chi connectivity index (χ1n) is 6.93. The monoisotopic (exact) mass is 290 g/mol. The van der Waals surface area contributed by atoms with Crippen molar-refractivity contribution in [2.75, 3.05) is 6.61 Å². The van der Waals surface area contributed by atoms with Gasteiger partial charge >= 0.3 is 0 Å². The number of hydrogen-bond acceptors (Lipinski definition) is 5. The molecule has 0 unspecified atom stereocenters. The van der Waals surface area contributed by atoms with Gasteiger partial charge in [0.25, 0.3) is 5.91 Å². The molecular weight excluding hydrogens is 272 g/mol. The van der Waals surface area contributed by atoms with Crippen molar-refractivity contribution in [3.63, 3.8) is 0 Å². The highest BCUT2D eigenvalue weighted by atomic mass is 16.8. The molecule has 6 heteroatoms. The minimum atomic E-state index is -0.775. The molecule has 21 heavy (non-hydrogen) atoms. The normalized spacial score (nSPS) is 19.3. The van der Waals surface area contributed by atoms with Gasteiger partial charge in [-0.15, -0.1) is 0 Å². The maximum Gasteiger partial charge on any atom is 0.284 e. The number of benzene rings is 1. The van der Waals surface area contributed by atoms with E-state index in [1.165, 1.54) is 0 Å². The zero-order valence-electron chi connectivity index (χ0n) is 11.9. The summed E-state index contributed by atoms with van der Waals surface area (Å²) in [4.78, 5) is 17.1. The van der Waals surface area contributed by atoms with Crippen molar-refractivity contribution in [1.29, 1.82) is 5.26 Å². The predicted molar refractivity (Wildman–Crippen MR) is 74.1 cm³/mol. The SMILES string of the molecule is C[C@@H](Oc1ccccc1C#N)C(=O)NO[C@H]1CCCCO1. The van der Waals surface area contributed by atoms with Gasteiger partial charge in [0.2, 0.25) is 0 Å². The Morgan fingerprint density at radius 1 is 1.48 bits per heavy atom. The molecule has 0 saturated carbocycles. The van der Waals surface area contributed by atoms with Gasteiger partial charge in [0.1, 0.15) is 11.8 Å². The summed E-state index contributed by atoms with van der Waals surface area (Å²) < 4.78 is 10.8. The summed E-state index contributed by atoms with van der Waals surface area (Å²) in [6.07, 6.45) is 1.61. The number of ether oxygens (including phenoxy) is 2. The highest BCUT2D eigenvalue weighted by Crippen LogP contribution is 2.18. The Balaban J connectivity index is 1.83. The summed E-state index contributed by atoms with van der Waals surface area (Å²) in [6.45, 7) is 2.23. The highest BCUT2D eigenvalue weighted by Gasteiger charge is 2.20. The van der Waals surface area contributed by atoms with E-state index in [2.05, 4.69) is 5.48 Å². The van der Waals surface area contributed by atoms with E-state index in [9.17, 15) is 4.79 Å². The zero-order valence-corrected chi connectivity index (χ0v) is 11.9. The van der Waals surface area contributed by atoms with E-state index >= 15 is 0 Å². The average molecular weight is 290 g/mol. The first kappa shape index (κ1) is 15.3. The molecule has 1 fully saturated rings. The molecule has 0 aliphatic carbocycles. The van der Waals surface area contributed by atoms with E-state index in [0.717, 1.165) is 19.3 Å². The van der Waals surface area contributed by atoms with Gasteiger partial charge in [0, 0.05) is 13.0 Å². The number of para-hydroxylation sites is 1. The number of nitrogens with zero attached hydrogens (tertiary/aromatic N) is 1. The van der Waals surface area contributed by atoms with Crippen molar-refractivity contribution in [2.24, 2.45) is 0 Å². The molecule has 1 aromatic rings. The molecule has 6 nitrogen and oxygen atoms in total. The molecule has 0 aromatic heterocycles. The van der Waals surface area contributed by atoms with Crippen LogP contribution in [0.2, 0.25) is 0 Å². The third-order valence-corrected chi connectivity index (χ3v) is 3.11. The number of nitrogens with one attached hydrogen (secondary N) is 1. The van der Waals surface area contributed by atoms with Crippen LogP contribution in [0.3, 0.4) is 0 Å². The van der Waals surface area contributed by atoms with Crippen molar-refractivity contribution in [2.45, 2.75) is 38.6 Å². The number of rotatable bonds is 5. The number of hydrogen-bond donors (Lipinski definition) is 1. The van der Waals surface area contributed by atoms with E-state index < -0.39 is 18.3 Å². The highest BCUT2D eigenvalue weighted by molar-refractivity contribution is 5.79. The van der Waals surface area contributed by atoms with Crippen molar-refractivity contribution in [3.05, 3.63) is 29.8 Å². The Hall–Kier alpha value is -2.10. The van der Waals surface area contributed by atoms with Crippen LogP contribution in [0.5, 0.6) is 5.75 Å².